The topological polar surface area (TPSA) is 70.7 Å². The number of para-hydroxylation sites is 1. The van der Waals surface area contributed by atoms with Crippen molar-refractivity contribution in [3.63, 3.8) is 0 Å². The molecule has 0 radical (unpaired) electrons. The van der Waals surface area contributed by atoms with Crippen LogP contribution in [0.4, 0.5) is 0 Å². The van der Waals surface area contributed by atoms with Gasteiger partial charge in [0.1, 0.15) is 5.58 Å². The average molecular weight is 395 g/mol. The number of rotatable bonds is 6. The second-order valence-electron chi connectivity index (χ2n) is 7.58. The summed E-state index contributed by atoms with van der Waals surface area (Å²) < 4.78 is 18.7. The maximum absolute atomic E-state index is 12.7. The lowest BCUT2D eigenvalue weighted by molar-refractivity contribution is 0.0445. The maximum atomic E-state index is 12.7. The standard InChI is InChI=1S/C23H25NO5/c1-14-11-19(16(3)24(14)12-17-7-6-10-27-17)20(25)13-28-23(26)22-15(2)18-8-4-5-9-21(18)29-22/h4-5,8-9,11,17H,6-7,10,12-13H2,1-3H3/t17-/m0/s1. The molecule has 4 rings (SSSR count). The first-order valence-corrected chi connectivity index (χ1v) is 9.92. The van der Waals surface area contributed by atoms with Crippen LogP contribution in [0.15, 0.2) is 34.7 Å². The number of ketones is 1. The highest BCUT2D eigenvalue weighted by Crippen LogP contribution is 2.26. The number of furan rings is 1. The van der Waals surface area contributed by atoms with E-state index in [-0.39, 0.29) is 24.3 Å². The molecular weight excluding hydrogens is 370 g/mol. The molecule has 1 fully saturated rings. The highest BCUT2D eigenvalue weighted by Gasteiger charge is 2.23. The molecule has 0 aliphatic carbocycles. The Morgan fingerprint density at radius 1 is 1.21 bits per heavy atom. The molecule has 1 saturated heterocycles. The third-order valence-corrected chi connectivity index (χ3v) is 5.65. The van der Waals surface area contributed by atoms with Crippen LogP contribution in [0.5, 0.6) is 0 Å². The number of hydrogen-bond donors (Lipinski definition) is 0. The molecule has 0 saturated carbocycles. The Kier molecular flexibility index (Phi) is 5.28. The number of fused-ring (bicyclic) bond motifs is 1. The molecule has 0 N–H and O–H groups in total. The van der Waals surface area contributed by atoms with Gasteiger partial charge in [0, 0.05) is 41.1 Å². The Bertz CT molecular complexity index is 1070. The highest BCUT2D eigenvalue weighted by atomic mass is 16.5. The molecule has 0 bridgehead atoms. The van der Waals surface area contributed by atoms with Crippen LogP contribution in [0.3, 0.4) is 0 Å². The van der Waals surface area contributed by atoms with Crippen molar-refractivity contribution in [3.8, 4) is 0 Å². The minimum atomic E-state index is -0.625. The van der Waals surface area contributed by atoms with Crippen LogP contribution < -0.4 is 0 Å². The Labute approximate surface area is 169 Å². The summed E-state index contributed by atoms with van der Waals surface area (Å²) in [5, 5.41) is 0.864. The van der Waals surface area contributed by atoms with Gasteiger partial charge in [-0.05, 0) is 45.7 Å². The molecule has 3 aromatic rings. The minimum absolute atomic E-state index is 0.142. The molecular formula is C23H25NO5. The molecule has 1 atom stereocenters. The average Bonchev–Trinajstić information content (AvgIpc) is 3.42. The van der Waals surface area contributed by atoms with Crippen molar-refractivity contribution in [2.24, 2.45) is 0 Å². The SMILES string of the molecule is Cc1c(C(=O)OCC(=O)c2cc(C)n(C[C@@H]3CCCO3)c2C)oc2ccccc12. The second kappa shape index (κ2) is 7.87. The van der Waals surface area contributed by atoms with E-state index in [0.717, 1.165) is 42.8 Å². The van der Waals surface area contributed by atoms with Gasteiger partial charge in [-0.3, -0.25) is 4.79 Å². The number of ether oxygens (including phenoxy) is 2. The zero-order valence-electron chi connectivity index (χ0n) is 17.0. The van der Waals surface area contributed by atoms with Gasteiger partial charge >= 0.3 is 5.97 Å². The van der Waals surface area contributed by atoms with Crippen LogP contribution in [0, 0.1) is 20.8 Å². The van der Waals surface area contributed by atoms with Crippen LogP contribution in [-0.2, 0) is 16.0 Å². The van der Waals surface area contributed by atoms with E-state index in [4.69, 9.17) is 13.9 Å². The fourth-order valence-electron chi connectivity index (χ4n) is 4.00. The molecule has 152 valence electrons. The summed E-state index contributed by atoms with van der Waals surface area (Å²) in [6.45, 7) is 6.92. The Balaban J connectivity index is 1.45. The lowest BCUT2D eigenvalue weighted by Crippen LogP contribution is -2.18. The quantitative estimate of drug-likeness (QED) is 0.458. The molecule has 6 nitrogen and oxygen atoms in total. The van der Waals surface area contributed by atoms with Gasteiger partial charge in [0.05, 0.1) is 6.10 Å². The lowest BCUT2D eigenvalue weighted by Gasteiger charge is -2.14. The number of benzene rings is 1. The Hall–Kier alpha value is -2.86. The predicted molar refractivity (Wildman–Crippen MR) is 108 cm³/mol. The van der Waals surface area contributed by atoms with E-state index >= 15 is 0 Å². The summed E-state index contributed by atoms with van der Waals surface area (Å²) in [4.78, 5) is 25.2. The third-order valence-electron chi connectivity index (χ3n) is 5.65. The van der Waals surface area contributed by atoms with Gasteiger partial charge in [0.2, 0.25) is 11.5 Å². The molecule has 1 aliphatic rings. The fraction of sp³-hybridized carbons (Fsp3) is 0.391. The summed E-state index contributed by atoms with van der Waals surface area (Å²) in [5.74, 6) is -0.707. The molecule has 1 aromatic carbocycles. The number of esters is 1. The van der Waals surface area contributed by atoms with Crippen molar-refractivity contribution in [3.05, 3.63) is 58.6 Å². The van der Waals surface area contributed by atoms with E-state index in [0.29, 0.717) is 16.7 Å². The molecule has 2 aromatic heterocycles. The first-order chi connectivity index (χ1) is 14.0. The van der Waals surface area contributed by atoms with Gasteiger partial charge in [0.15, 0.2) is 6.61 Å². The summed E-state index contributed by atoms with van der Waals surface area (Å²) in [6, 6.07) is 9.27. The smallest absolute Gasteiger partial charge is 0.375 e. The number of carbonyl (C=O) groups is 2. The van der Waals surface area contributed by atoms with Crippen molar-refractivity contribution in [1.82, 2.24) is 4.57 Å². The summed E-state index contributed by atoms with van der Waals surface area (Å²) >= 11 is 0. The molecule has 29 heavy (non-hydrogen) atoms. The number of Topliss-reactive ketones (excluding diaryl/α,β-unsaturated/α-hetero) is 1. The van der Waals surface area contributed by atoms with Gasteiger partial charge in [-0.25, -0.2) is 4.79 Å². The second-order valence-corrected chi connectivity index (χ2v) is 7.58. The summed E-state index contributed by atoms with van der Waals surface area (Å²) in [5.41, 5.74) is 3.79. The molecule has 0 unspecified atom stereocenters. The molecule has 0 spiro atoms. The van der Waals surface area contributed by atoms with Gasteiger partial charge < -0.3 is 18.5 Å². The van der Waals surface area contributed by atoms with Crippen LogP contribution in [0.25, 0.3) is 11.0 Å². The molecule has 3 heterocycles. The van der Waals surface area contributed by atoms with Crippen molar-refractivity contribution in [1.29, 1.82) is 0 Å². The predicted octanol–water partition coefficient (Wildman–Crippen LogP) is 4.38. The molecule has 6 heteroatoms. The zero-order valence-corrected chi connectivity index (χ0v) is 17.0. The molecule has 0 amide bonds. The molecule has 1 aliphatic heterocycles. The van der Waals surface area contributed by atoms with Crippen LogP contribution >= 0.6 is 0 Å². The van der Waals surface area contributed by atoms with Gasteiger partial charge in [-0.1, -0.05) is 18.2 Å². The zero-order chi connectivity index (χ0) is 20.5. The largest absolute Gasteiger partial charge is 0.451 e. The summed E-state index contributed by atoms with van der Waals surface area (Å²) in [6.07, 6.45) is 2.30. The highest BCUT2D eigenvalue weighted by molar-refractivity contribution is 6.01. The van der Waals surface area contributed by atoms with E-state index in [9.17, 15) is 9.59 Å². The Morgan fingerprint density at radius 3 is 2.72 bits per heavy atom. The Morgan fingerprint density at radius 2 is 2.00 bits per heavy atom. The minimum Gasteiger partial charge on any atom is -0.451 e. The van der Waals surface area contributed by atoms with Crippen molar-refractivity contribution in [2.75, 3.05) is 13.2 Å². The van der Waals surface area contributed by atoms with Crippen molar-refractivity contribution < 1.29 is 23.5 Å². The van der Waals surface area contributed by atoms with Crippen molar-refractivity contribution >= 4 is 22.7 Å². The first-order valence-electron chi connectivity index (χ1n) is 9.92. The van der Waals surface area contributed by atoms with Gasteiger partial charge in [-0.2, -0.15) is 0 Å². The number of carbonyl (C=O) groups excluding carboxylic acids is 2. The number of nitrogens with zero attached hydrogens (tertiary/aromatic N) is 1. The van der Waals surface area contributed by atoms with Gasteiger partial charge in [0.25, 0.3) is 0 Å². The van der Waals surface area contributed by atoms with E-state index in [1.807, 2.05) is 45.0 Å². The van der Waals surface area contributed by atoms with E-state index in [1.165, 1.54) is 0 Å². The van der Waals surface area contributed by atoms with E-state index < -0.39 is 5.97 Å². The monoisotopic (exact) mass is 395 g/mol. The first kappa shape index (κ1) is 19.5. The van der Waals surface area contributed by atoms with Gasteiger partial charge in [-0.15, -0.1) is 0 Å². The van der Waals surface area contributed by atoms with Crippen molar-refractivity contribution in [2.45, 2.75) is 46.3 Å². The normalized spacial score (nSPS) is 16.4. The number of aryl methyl sites for hydroxylation is 2. The van der Waals surface area contributed by atoms with Crippen LogP contribution in [0.2, 0.25) is 0 Å². The lowest BCUT2D eigenvalue weighted by atomic mass is 10.1. The fourth-order valence-corrected chi connectivity index (χ4v) is 4.00. The number of aromatic nitrogens is 1. The number of hydrogen-bond acceptors (Lipinski definition) is 5. The summed E-state index contributed by atoms with van der Waals surface area (Å²) in [7, 11) is 0. The maximum Gasteiger partial charge on any atom is 0.375 e. The van der Waals surface area contributed by atoms with E-state index in [1.54, 1.807) is 6.07 Å². The van der Waals surface area contributed by atoms with Crippen LogP contribution in [0.1, 0.15) is 50.7 Å². The van der Waals surface area contributed by atoms with Crippen LogP contribution in [-0.4, -0.2) is 35.6 Å². The van der Waals surface area contributed by atoms with E-state index in [2.05, 4.69) is 4.57 Å². The third kappa shape index (κ3) is 3.72.